The molecule has 0 spiro atoms. The second-order valence-electron chi connectivity index (χ2n) is 5.86. The average Bonchev–Trinajstić information content (AvgIpc) is 2.85. The molecule has 2 amide bonds. The Hall–Kier alpha value is -2.77. The summed E-state index contributed by atoms with van der Waals surface area (Å²) in [6.07, 6.45) is 3.98. The minimum atomic E-state index is -0.791. The first-order valence-corrected chi connectivity index (χ1v) is 9.60. The van der Waals surface area contributed by atoms with Crippen LogP contribution < -0.4 is 15.4 Å². The van der Waals surface area contributed by atoms with Crippen molar-refractivity contribution in [3.63, 3.8) is 0 Å². The van der Waals surface area contributed by atoms with Crippen molar-refractivity contribution in [1.29, 1.82) is 0 Å². The second-order valence-corrected chi connectivity index (χ2v) is 6.69. The van der Waals surface area contributed by atoms with Gasteiger partial charge in [0.15, 0.2) is 0 Å². The number of rotatable bonds is 5. The van der Waals surface area contributed by atoms with Gasteiger partial charge in [-0.1, -0.05) is 48.6 Å². The molecule has 0 fully saturated rings. The van der Waals surface area contributed by atoms with E-state index in [1.54, 1.807) is 11.8 Å². The molecule has 2 aromatic carbocycles. The molecule has 1 heterocycles. The van der Waals surface area contributed by atoms with Crippen LogP contribution in [0.15, 0.2) is 48.5 Å². The Balaban J connectivity index is 1.78. The van der Waals surface area contributed by atoms with Crippen LogP contribution in [-0.2, 0) is 9.53 Å². The van der Waals surface area contributed by atoms with Crippen LogP contribution in [0.25, 0.3) is 12.2 Å². The van der Waals surface area contributed by atoms with Crippen LogP contribution in [0.1, 0.15) is 18.1 Å². The van der Waals surface area contributed by atoms with Crippen LogP contribution in [0.5, 0.6) is 0 Å². The third-order valence-electron chi connectivity index (χ3n) is 4.01. The fourth-order valence-electron chi connectivity index (χ4n) is 2.75. The highest BCUT2D eigenvalue weighted by Gasteiger charge is 2.24. The summed E-state index contributed by atoms with van der Waals surface area (Å²) in [5, 5.41) is 0. The Morgan fingerprint density at radius 2 is 1.63 bits per heavy atom. The van der Waals surface area contributed by atoms with Gasteiger partial charge in [0.05, 0.1) is 18.0 Å². The van der Waals surface area contributed by atoms with Crippen molar-refractivity contribution in [3.8, 4) is 0 Å². The first-order chi connectivity index (χ1) is 13.1. The van der Waals surface area contributed by atoms with E-state index in [-0.39, 0.29) is 18.4 Å². The quantitative estimate of drug-likeness (QED) is 0.609. The Morgan fingerprint density at radius 1 is 1.07 bits per heavy atom. The topological polar surface area (TPSA) is 84.7 Å². The van der Waals surface area contributed by atoms with Crippen molar-refractivity contribution in [3.05, 3.63) is 59.7 Å². The molecule has 3 rings (SSSR count). The summed E-state index contributed by atoms with van der Waals surface area (Å²) in [5.41, 5.74) is 9.23. The number of fused-ring (bicyclic) bond motifs is 2. The molecule has 0 bridgehead atoms. The Bertz CT molecular complexity index is 820. The van der Waals surface area contributed by atoms with E-state index in [1.165, 1.54) is 0 Å². The predicted molar refractivity (Wildman–Crippen MR) is 110 cm³/mol. The number of nitrogens with one attached hydrogen (secondary N) is 1. The van der Waals surface area contributed by atoms with E-state index in [1.807, 2.05) is 60.7 Å². The number of amides is 2. The number of hydrogen-bond donors (Lipinski definition) is 2. The largest absolute Gasteiger partial charge is 0.465 e. The summed E-state index contributed by atoms with van der Waals surface area (Å²) in [6, 6.07) is 14.3. The normalized spacial score (nSPS) is 13.2. The number of urea groups is 1. The van der Waals surface area contributed by atoms with Gasteiger partial charge in [-0.15, -0.1) is 0 Å². The van der Waals surface area contributed by atoms with Crippen molar-refractivity contribution in [2.45, 2.75) is 13.0 Å². The molecule has 0 radical (unpaired) electrons. The maximum Gasteiger partial charge on any atom is 0.336 e. The second kappa shape index (κ2) is 8.75. The molecule has 1 atom stereocenters. The maximum absolute atomic E-state index is 13.0. The number of carbonyl (C=O) groups excluding carboxylic acids is 2. The Kier molecular flexibility index (Phi) is 6.16. The molecule has 1 unspecified atom stereocenters. The molecule has 3 N–H and O–H groups in total. The minimum Gasteiger partial charge on any atom is -0.465 e. The molecule has 0 saturated heterocycles. The van der Waals surface area contributed by atoms with Crippen LogP contribution >= 0.6 is 11.9 Å². The molecule has 140 valence electrons. The molecule has 7 heteroatoms. The SMILES string of the molecule is CCOC(=O)C(N)CSNC(=O)N1c2ccccc2C=Cc2ccccc21. The molecule has 0 saturated carbocycles. The van der Waals surface area contributed by atoms with Crippen LogP contribution in [-0.4, -0.2) is 30.4 Å². The summed E-state index contributed by atoms with van der Waals surface area (Å²) in [4.78, 5) is 26.2. The fourth-order valence-corrected chi connectivity index (χ4v) is 3.36. The highest BCUT2D eigenvalue weighted by Crippen LogP contribution is 2.36. The van der Waals surface area contributed by atoms with Gasteiger partial charge in [-0.05, 0) is 42.1 Å². The number of carbonyl (C=O) groups is 2. The summed E-state index contributed by atoms with van der Waals surface area (Å²) >= 11 is 1.09. The zero-order chi connectivity index (χ0) is 19.2. The number of ether oxygens (including phenoxy) is 1. The lowest BCUT2D eigenvalue weighted by Gasteiger charge is -2.25. The van der Waals surface area contributed by atoms with Crippen LogP contribution in [0, 0.1) is 0 Å². The van der Waals surface area contributed by atoms with Crippen molar-refractivity contribution in [2.24, 2.45) is 5.73 Å². The lowest BCUT2D eigenvalue weighted by atomic mass is 10.1. The third-order valence-corrected chi connectivity index (χ3v) is 4.86. The van der Waals surface area contributed by atoms with E-state index < -0.39 is 12.0 Å². The van der Waals surface area contributed by atoms with Gasteiger partial charge in [-0.2, -0.15) is 0 Å². The summed E-state index contributed by atoms with van der Waals surface area (Å²) in [7, 11) is 0. The van der Waals surface area contributed by atoms with E-state index in [4.69, 9.17) is 10.5 Å². The van der Waals surface area contributed by atoms with Crippen molar-refractivity contribution in [2.75, 3.05) is 17.3 Å². The van der Waals surface area contributed by atoms with Gasteiger partial charge in [0.25, 0.3) is 0 Å². The smallest absolute Gasteiger partial charge is 0.336 e. The summed E-state index contributed by atoms with van der Waals surface area (Å²) in [6.45, 7) is 2.00. The molecule has 1 aliphatic rings. The van der Waals surface area contributed by atoms with E-state index in [0.717, 1.165) is 34.4 Å². The number of para-hydroxylation sites is 2. The van der Waals surface area contributed by atoms with Crippen LogP contribution in [0.3, 0.4) is 0 Å². The highest BCUT2D eigenvalue weighted by atomic mass is 32.2. The predicted octanol–water partition coefficient (Wildman–Crippen LogP) is 3.56. The Labute approximate surface area is 162 Å². The van der Waals surface area contributed by atoms with E-state index in [9.17, 15) is 9.59 Å². The lowest BCUT2D eigenvalue weighted by molar-refractivity contribution is -0.144. The molecule has 0 aromatic heterocycles. The number of anilines is 2. The first-order valence-electron chi connectivity index (χ1n) is 8.62. The standard InChI is InChI=1S/C20H21N3O3S/c1-2-26-19(24)16(21)13-27-22-20(25)23-17-9-5-3-7-14(17)11-12-15-8-4-6-10-18(15)23/h3-12,16H,2,13,21H2,1H3,(H,22,25). The van der Waals surface area contributed by atoms with Crippen molar-refractivity contribution in [1.82, 2.24) is 4.72 Å². The number of benzene rings is 2. The van der Waals surface area contributed by atoms with Crippen molar-refractivity contribution >= 4 is 47.5 Å². The lowest BCUT2D eigenvalue weighted by Crippen LogP contribution is -2.38. The van der Waals surface area contributed by atoms with E-state index in [2.05, 4.69) is 4.72 Å². The molecule has 6 nitrogen and oxygen atoms in total. The summed E-state index contributed by atoms with van der Waals surface area (Å²) in [5.74, 6) is -0.256. The molecular weight excluding hydrogens is 362 g/mol. The minimum absolute atomic E-state index is 0.222. The number of nitrogens with zero attached hydrogens (tertiary/aromatic N) is 1. The summed E-state index contributed by atoms with van der Waals surface area (Å²) < 4.78 is 7.66. The number of esters is 1. The molecule has 2 aromatic rings. The van der Waals surface area contributed by atoms with Gasteiger partial charge < -0.3 is 10.5 Å². The fraction of sp³-hybridized carbons (Fsp3) is 0.200. The number of nitrogens with two attached hydrogens (primary N) is 1. The van der Waals surface area contributed by atoms with Crippen molar-refractivity contribution < 1.29 is 14.3 Å². The highest BCUT2D eigenvalue weighted by molar-refractivity contribution is 7.98. The van der Waals surface area contributed by atoms with Gasteiger partial charge in [0.1, 0.15) is 6.04 Å². The monoisotopic (exact) mass is 383 g/mol. The van der Waals surface area contributed by atoms with Gasteiger partial charge in [0, 0.05) is 5.75 Å². The molecule has 27 heavy (non-hydrogen) atoms. The zero-order valence-corrected chi connectivity index (χ0v) is 15.7. The molecular formula is C20H21N3O3S. The first kappa shape index (κ1) is 19.0. The Morgan fingerprint density at radius 3 is 2.19 bits per heavy atom. The number of hydrogen-bond acceptors (Lipinski definition) is 5. The van der Waals surface area contributed by atoms with Crippen LogP contribution in [0.2, 0.25) is 0 Å². The van der Waals surface area contributed by atoms with E-state index >= 15 is 0 Å². The van der Waals surface area contributed by atoms with Gasteiger partial charge in [-0.3, -0.25) is 14.4 Å². The van der Waals surface area contributed by atoms with E-state index in [0.29, 0.717) is 0 Å². The van der Waals surface area contributed by atoms with Gasteiger partial charge in [-0.25, -0.2) is 4.79 Å². The zero-order valence-electron chi connectivity index (χ0n) is 14.9. The van der Waals surface area contributed by atoms with Gasteiger partial charge >= 0.3 is 12.0 Å². The third kappa shape index (κ3) is 4.32. The van der Waals surface area contributed by atoms with Gasteiger partial charge in [0.2, 0.25) is 0 Å². The molecule has 0 aliphatic carbocycles. The average molecular weight is 383 g/mol. The van der Waals surface area contributed by atoms with Crippen LogP contribution in [0.4, 0.5) is 16.2 Å². The molecule has 1 aliphatic heterocycles. The maximum atomic E-state index is 13.0.